The first-order valence-corrected chi connectivity index (χ1v) is 8.91. The number of hydrogen-bond acceptors (Lipinski definition) is 5. The molecule has 0 saturated carbocycles. The molecule has 1 aliphatic heterocycles. The smallest absolute Gasteiger partial charge is 0.309 e. The number of nitrogens with one attached hydrogen (secondary N) is 1. The Hall–Kier alpha value is -1.92. The first-order chi connectivity index (χ1) is 12.0. The number of esters is 1. The molecule has 2 N–H and O–H groups in total. The highest BCUT2D eigenvalue weighted by Gasteiger charge is 2.29. The molecule has 1 saturated heterocycles. The van der Waals surface area contributed by atoms with Crippen molar-refractivity contribution in [3.63, 3.8) is 0 Å². The van der Waals surface area contributed by atoms with Gasteiger partial charge in [-0.15, -0.1) is 0 Å². The lowest BCUT2D eigenvalue weighted by Gasteiger charge is -2.29. The fraction of sp³-hybridized carbons (Fsp3) is 0.579. The van der Waals surface area contributed by atoms with Crippen LogP contribution >= 0.6 is 0 Å². The minimum atomic E-state index is -0.568. The number of Topliss-reactive ketones (excluding diaryl/α,β-unsaturated/α-hetero) is 1. The molecule has 1 atom stereocenters. The molecule has 138 valence electrons. The summed E-state index contributed by atoms with van der Waals surface area (Å²) in [5.41, 5.74) is 0.641. The third-order valence-electron chi connectivity index (χ3n) is 4.54. The van der Waals surface area contributed by atoms with E-state index in [0.29, 0.717) is 24.5 Å². The molecule has 25 heavy (non-hydrogen) atoms. The summed E-state index contributed by atoms with van der Waals surface area (Å²) in [7, 11) is 0. The molecule has 6 heteroatoms. The minimum absolute atomic E-state index is 0.00289. The topological polar surface area (TPSA) is 77.3 Å². The average molecular weight is 350 g/mol. The van der Waals surface area contributed by atoms with Crippen molar-refractivity contribution in [1.82, 2.24) is 0 Å². The van der Waals surface area contributed by atoms with Crippen molar-refractivity contribution in [2.45, 2.75) is 32.8 Å². The van der Waals surface area contributed by atoms with Gasteiger partial charge in [0.25, 0.3) is 0 Å². The maximum atomic E-state index is 11.7. The van der Waals surface area contributed by atoms with Gasteiger partial charge < -0.3 is 19.5 Å². The highest BCUT2D eigenvalue weighted by Crippen LogP contribution is 2.13. The number of piperidine rings is 1. The van der Waals surface area contributed by atoms with E-state index in [9.17, 15) is 14.7 Å². The Bertz CT molecular complexity index is 564. The van der Waals surface area contributed by atoms with E-state index in [2.05, 4.69) is 0 Å². The van der Waals surface area contributed by atoms with Crippen molar-refractivity contribution < 1.29 is 29.1 Å². The highest BCUT2D eigenvalue weighted by molar-refractivity contribution is 5.94. The van der Waals surface area contributed by atoms with Crippen molar-refractivity contribution in [2.24, 2.45) is 5.92 Å². The Morgan fingerprint density at radius 1 is 1.24 bits per heavy atom. The van der Waals surface area contributed by atoms with Crippen LogP contribution in [0.1, 0.15) is 37.0 Å². The summed E-state index contributed by atoms with van der Waals surface area (Å²) in [6.45, 7) is 6.29. The number of hydrogen-bond donors (Lipinski definition) is 2. The van der Waals surface area contributed by atoms with Gasteiger partial charge in [-0.3, -0.25) is 9.59 Å². The third-order valence-corrected chi connectivity index (χ3v) is 4.54. The number of ether oxygens (including phenoxy) is 2. The number of quaternary nitrogens is 1. The molecule has 6 nitrogen and oxygen atoms in total. The largest absolute Gasteiger partial charge is 0.491 e. The fourth-order valence-corrected chi connectivity index (χ4v) is 3.10. The lowest BCUT2D eigenvalue weighted by molar-refractivity contribution is -0.908. The van der Waals surface area contributed by atoms with Gasteiger partial charge in [-0.05, 0) is 38.1 Å². The van der Waals surface area contributed by atoms with Crippen LogP contribution in [-0.4, -0.2) is 55.8 Å². The Kier molecular flexibility index (Phi) is 7.40. The molecule has 1 aromatic rings. The van der Waals surface area contributed by atoms with Gasteiger partial charge in [0, 0.05) is 18.4 Å². The molecule has 0 spiro atoms. The van der Waals surface area contributed by atoms with Crippen molar-refractivity contribution >= 4 is 11.8 Å². The number of rotatable bonds is 8. The number of carbonyl (C=O) groups is 2. The van der Waals surface area contributed by atoms with Crippen LogP contribution in [0.25, 0.3) is 0 Å². The maximum Gasteiger partial charge on any atom is 0.309 e. The van der Waals surface area contributed by atoms with Crippen LogP contribution in [0.3, 0.4) is 0 Å². The summed E-state index contributed by atoms with van der Waals surface area (Å²) in [6, 6.07) is 6.91. The van der Waals surface area contributed by atoms with Gasteiger partial charge in [0.05, 0.1) is 25.6 Å². The molecule has 0 unspecified atom stereocenters. The normalized spacial score (nSPS) is 21.4. The van der Waals surface area contributed by atoms with Crippen LogP contribution in [0, 0.1) is 5.92 Å². The first-order valence-electron chi connectivity index (χ1n) is 8.91. The Morgan fingerprint density at radius 3 is 2.44 bits per heavy atom. The summed E-state index contributed by atoms with van der Waals surface area (Å²) < 4.78 is 10.7. The van der Waals surface area contributed by atoms with E-state index in [1.165, 1.54) is 11.8 Å². The van der Waals surface area contributed by atoms with Gasteiger partial charge in [-0.1, -0.05) is 0 Å². The summed E-state index contributed by atoms with van der Waals surface area (Å²) in [5.74, 6) is 0.554. The van der Waals surface area contributed by atoms with Crippen LogP contribution in [0.5, 0.6) is 5.75 Å². The molecule has 1 heterocycles. The predicted molar refractivity (Wildman–Crippen MR) is 92.9 cm³/mol. The fourth-order valence-electron chi connectivity index (χ4n) is 3.10. The average Bonchev–Trinajstić information content (AvgIpc) is 2.61. The number of carbonyl (C=O) groups excluding carboxylic acids is 2. The molecular weight excluding hydrogens is 322 g/mol. The quantitative estimate of drug-likeness (QED) is 0.527. The zero-order valence-corrected chi connectivity index (χ0v) is 15.0. The molecule has 0 bridgehead atoms. The van der Waals surface area contributed by atoms with E-state index in [1.807, 2.05) is 6.92 Å². The standard InChI is InChI=1S/C19H27NO5/c1-3-24-19(23)16-8-10-20(11-9-16)12-17(22)13-25-18-6-4-15(5-7-18)14(2)21/h4-7,16-17,22H,3,8-13H2,1-2H3/p+1/t17-/m1/s1. The number of aliphatic hydroxyl groups excluding tert-OH is 1. The highest BCUT2D eigenvalue weighted by atomic mass is 16.5. The summed E-state index contributed by atoms with van der Waals surface area (Å²) in [6.07, 6.45) is 1.03. The second-order valence-corrected chi connectivity index (χ2v) is 6.53. The molecule has 0 aromatic heterocycles. The molecule has 1 aliphatic rings. The molecular formula is C19H28NO5+. The summed E-state index contributed by atoms with van der Waals surface area (Å²) in [5, 5.41) is 10.2. The maximum absolute atomic E-state index is 11.7. The van der Waals surface area contributed by atoms with Crippen LogP contribution in [-0.2, 0) is 9.53 Å². The van der Waals surface area contributed by atoms with Crippen molar-refractivity contribution in [3.05, 3.63) is 29.8 Å². The van der Waals surface area contributed by atoms with Gasteiger partial charge in [-0.25, -0.2) is 0 Å². The summed E-state index contributed by atoms with van der Waals surface area (Å²) >= 11 is 0. The Morgan fingerprint density at radius 2 is 1.88 bits per heavy atom. The van der Waals surface area contributed by atoms with Crippen LogP contribution in [0.15, 0.2) is 24.3 Å². The molecule has 0 amide bonds. The zero-order chi connectivity index (χ0) is 18.2. The van der Waals surface area contributed by atoms with Crippen LogP contribution in [0.2, 0.25) is 0 Å². The number of benzene rings is 1. The Labute approximate surface area is 148 Å². The van der Waals surface area contributed by atoms with Crippen molar-refractivity contribution in [1.29, 1.82) is 0 Å². The third kappa shape index (κ3) is 6.14. The predicted octanol–water partition coefficient (Wildman–Crippen LogP) is 0.487. The van der Waals surface area contributed by atoms with E-state index < -0.39 is 6.10 Å². The van der Waals surface area contributed by atoms with Crippen LogP contribution < -0.4 is 9.64 Å². The molecule has 0 aliphatic carbocycles. The van der Waals surface area contributed by atoms with Crippen LogP contribution in [0.4, 0.5) is 0 Å². The van der Waals surface area contributed by atoms with Crippen molar-refractivity contribution in [2.75, 3.05) is 32.8 Å². The molecule has 0 radical (unpaired) electrons. The molecule has 2 rings (SSSR count). The van der Waals surface area contributed by atoms with Gasteiger partial charge >= 0.3 is 5.97 Å². The monoisotopic (exact) mass is 350 g/mol. The molecule has 1 aromatic carbocycles. The minimum Gasteiger partial charge on any atom is -0.491 e. The second-order valence-electron chi connectivity index (χ2n) is 6.53. The van der Waals surface area contributed by atoms with Gasteiger partial charge in [-0.2, -0.15) is 0 Å². The Balaban J connectivity index is 1.69. The van der Waals surface area contributed by atoms with E-state index in [4.69, 9.17) is 9.47 Å². The SMILES string of the molecule is CCOC(=O)C1CC[NH+](C[C@@H](O)COc2ccc(C(C)=O)cc2)CC1. The lowest BCUT2D eigenvalue weighted by Crippen LogP contribution is -3.14. The summed E-state index contributed by atoms with van der Waals surface area (Å²) in [4.78, 5) is 24.2. The number of ketones is 1. The van der Waals surface area contributed by atoms with E-state index >= 15 is 0 Å². The first kappa shape index (κ1) is 19.4. The molecule has 1 fully saturated rings. The zero-order valence-electron chi connectivity index (χ0n) is 15.0. The van der Waals surface area contributed by atoms with E-state index in [1.54, 1.807) is 24.3 Å². The van der Waals surface area contributed by atoms with E-state index in [0.717, 1.165) is 25.9 Å². The van der Waals surface area contributed by atoms with Gasteiger partial charge in [0.2, 0.25) is 0 Å². The number of aliphatic hydroxyl groups is 1. The van der Waals surface area contributed by atoms with Gasteiger partial charge in [0.15, 0.2) is 5.78 Å². The number of likely N-dealkylation sites (tertiary alicyclic amines) is 1. The lowest BCUT2D eigenvalue weighted by atomic mass is 9.97. The second kappa shape index (κ2) is 9.53. The van der Waals surface area contributed by atoms with Crippen molar-refractivity contribution in [3.8, 4) is 5.75 Å². The van der Waals surface area contributed by atoms with E-state index in [-0.39, 0.29) is 24.3 Å². The van der Waals surface area contributed by atoms with Gasteiger partial charge in [0.1, 0.15) is 25.0 Å².